The van der Waals surface area contributed by atoms with Crippen molar-refractivity contribution in [3.63, 3.8) is 0 Å². The van der Waals surface area contributed by atoms with Gasteiger partial charge in [0.25, 0.3) is 0 Å². The molecule has 0 amide bonds. The molecule has 5 heteroatoms. The summed E-state index contributed by atoms with van der Waals surface area (Å²) in [5, 5.41) is 6.60. The third-order valence-electron chi connectivity index (χ3n) is 3.47. The molecule has 1 aromatic heterocycles. The summed E-state index contributed by atoms with van der Waals surface area (Å²) in [5.74, 6) is 1.77. The van der Waals surface area contributed by atoms with E-state index < -0.39 is 0 Å². The second-order valence-electron chi connectivity index (χ2n) is 5.32. The predicted molar refractivity (Wildman–Crippen MR) is 95.1 cm³/mol. The molecule has 0 fully saturated rings. The van der Waals surface area contributed by atoms with Gasteiger partial charge in [-0.3, -0.25) is 0 Å². The number of nitrogens with one attached hydrogen (secondary N) is 2. The van der Waals surface area contributed by atoms with Crippen LogP contribution in [0.4, 0.5) is 22.7 Å². The first-order chi connectivity index (χ1) is 11.2. The molecule has 0 spiro atoms. The summed E-state index contributed by atoms with van der Waals surface area (Å²) in [4.78, 5) is 0. The summed E-state index contributed by atoms with van der Waals surface area (Å²) in [6, 6.07) is 19.2. The standard InChI is InChI=1S/C18H20N4O/c19-13-1-5-15(6-2-13)21-11-17-9-10-18(23-17)12-22-16-7-3-14(20)4-8-16/h1-10,21-22H,11-12,19-20H2. The zero-order valence-electron chi connectivity index (χ0n) is 12.8. The van der Waals surface area contributed by atoms with Crippen molar-refractivity contribution in [2.24, 2.45) is 0 Å². The van der Waals surface area contributed by atoms with E-state index in [2.05, 4.69) is 10.6 Å². The molecule has 0 aliphatic rings. The number of hydrogen-bond acceptors (Lipinski definition) is 5. The van der Waals surface area contributed by atoms with Gasteiger partial charge in [-0.25, -0.2) is 0 Å². The maximum absolute atomic E-state index is 5.80. The third-order valence-corrected chi connectivity index (χ3v) is 3.47. The van der Waals surface area contributed by atoms with Crippen LogP contribution in [0.5, 0.6) is 0 Å². The summed E-state index contributed by atoms with van der Waals surface area (Å²) in [6.45, 7) is 1.26. The minimum atomic E-state index is 0.631. The van der Waals surface area contributed by atoms with Crippen LogP contribution in [0.2, 0.25) is 0 Å². The fourth-order valence-electron chi connectivity index (χ4n) is 2.19. The number of nitrogens with two attached hydrogens (primary N) is 2. The molecule has 3 aromatic rings. The van der Waals surface area contributed by atoms with Crippen molar-refractivity contribution in [2.75, 3.05) is 22.1 Å². The summed E-state index contributed by atoms with van der Waals surface area (Å²) in [5.41, 5.74) is 14.9. The molecule has 118 valence electrons. The average molecular weight is 308 g/mol. The van der Waals surface area contributed by atoms with Crippen LogP contribution in [0.15, 0.2) is 65.1 Å². The first kappa shape index (κ1) is 14.8. The number of nitrogen functional groups attached to an aromatic ring is 2. The first-order valence-corrected chi connectivity index (χ1v) is 7.45. The molecule has 0 saturated carbocycles. The van der Waals surface area contributed by atoms with Gasteiger partial charge in [0.15, 0.2) is 0 Å². The Morgan fingerprint density at radius 3 is 1.39 bits per heavy atom. The Morgan fingerprint density at radius 1 is 0.609 bits per heavy atom. The van der Waals surface area contributed by atoms with Crippen LogP contribution in [0.1, 0.15) is 11.5 Å². The monoisotopic (exact) mass is 308 g/mol. The van der Waals surface area contributed by atoms with Crippen LogP contribution in [0.3, 0.4) is 0 Å². The molecule has 23 heavy (non-hydrogen) atoms. The molecule has 0 radical (unpaired) electrons. The Labute approximate surface area is 135 Å². The summed E-state index contributed by atoms with van der Waals surface area (Å²) in [6.07, 6.45) is 0. The lowest BCUT2D eigenvalue weighted by atomic mass is 10.3. The van der Waals surface area contributed by atoms with Crippen molar-refractivity contribution in [1.29, 1.82) is 0 Å². The van der Waals surface area contributed by atoms with Crippen LogP contribution >= 0.6 is 0 Å². The van der Waals surface area contributed by atoms with Crippen molar-refractivity contribution >= 4 is 22.7 Å². The number of benzene rings is 2. The Bertz CT molecular complexity index is 683. The number of hydrogen-bond donors (Lipinski definition) is 4. The van der Waals surface area contributed by atoms with Crippen molar-refractivity contribution in [3.8, 4) is 0 Å². The highest BCUT2D eigenvalue weighted by Gasteiger charge is 2.02. The molecular weight excluding hydrogens is 288 g/mol. The van der Waals surface area contributed by atoms with Gasteiger partial charge in [-0.1, -0.05) is 0 Å². The molecule has 2 aromatic carbocycles. The molecule has 6 N–H and O–H groups in total. The number of anilines is 4. The van der Waals surface area contributed by atoms with E-state index in [0.717, 1.165) is 34.3 Å². The highest BCUT2D eigenvalue weighted by molar-refractivity contribution is 5.52. The zero-order valence-corrected chi connectivity index (χ0v) is 12.8. The minimum absolute atomic E-state index is 0.631. The van der Waals surface area contributed by atoms with E-state index in [1.807, 2.05) is 60.7 Å². The Balaban J connectivity index is 1.51. The second kappa shape index (κ2) is 6.79. The van der Waals surface area contributed by atoms with Gasteiger partial charge in [-0.2, -0.15) is 0 Å². The van der Waals surface area contributed by atoms with Gasteiger partial charge >= 0.3 is 0 Å². The van der Waals surface area contributed by atoms with E-state index in [1.54, 1.807) is 0 Å². The molecule has 0 atom stereocenters. The molecule has 3 rings (SSSR count). The molecular formula is C18H20N4O. The lowest BCUT2D eigenvalue weighted by molar-refractivity contribution is 0.477. The molecule has 0 unspecified atom stereocenters. The Hall–Kier alpha value is -3.08. The maximum Gasteiger partial charge on any atom is 0.123 e. The summed E-state index contributed by atoms with van der Waals surface area (Å²) in [7, 11) is 0. The van der Waals surface area contributed by atoms with Gasteiger partial charge in [-0.05, 0) is 60.7 Å². The molecule has 1 heterocycles. The lowest BCUT2D eigenvalue weighted by Crippen LogP contribution is -1.99. The lowest BCUT2D eigenvalue weighted by Gasteiger charge is -2.06. The predicted octanol–water partition coefficient (Wildman–Crippen LogP) is 3.67. The first-order valence-electron chi connectivity index (χ1n) is 7.45. The Kier molecular flexibility index (Phi) is 4.38. The van der Waals surface area contributed by atoms with Crippen molar-refractivity contribution in [3.05, 3.63) is 72.2 Å². The van der Waals surface area contributed by atoms with Crippen LogP contribution in [-0.2, 0) is 13.1 Å². The van der Waals surface area contributed by atoms with E-state index in [1.165, 1.54) is 0 Å². The third kappa shape index (κ3) is 4.20. The van der Waals surface area contributed by atoms with Gasteiger partial charge in [0, 0.05) is 22.7 Å². The van der Waals surface area contributed by atoms with Gasteiger partial charge in [0.2, 0.25) is 0 Å². The fraction of sp³-hybridized carbons (Fsp3) is 0.111. The van der Waals surface area contributed by atoms with E-state index in [0.29, 0.717) is 13.1 Å². The normalized spacial score (nSPS) is 10.4. The van der Waals surface area contributed by atoms with Crippen molar-refractivity contribution in [1.82, 2.24) is 0 Å². The molecule has 0 saturated heterocycles. The fourth-order valence-corrected chi connectivity index (χ4v) is 2.19. The summed E-state index contributed by atoms with van der Waals surface area (Å²) >= 11 is 0. The SMILES string of the molecule is Nc1ccc(NCc2ccc(CNc3ccc(N)cc3)o2)cc1. The maximum atomic E-state index is 5.80. The van der Waals surface area contributed by atoms with Gasteiger partial charge in [0.1, 0.15) is 11.5 Å². The smallest absolute Gasteiger partial charge is 0.123 e. The van der Waals surface area contributed by atoms with Crippen LogP contribution < -0.4 is 22.1 Å². The average Bonchev–Trinajstić information content (AvgIpc) is 3.02. The highest BCUT2D eigenvalue weighted by Crippen LogP contribution is 2.16. The summed E-state index contributed by atoms with van der Waals surface area (Å²) < 4.78 is 5.80. The second-order valence-corrected chi connectivity index (χ2v) is 5.32. The molecule has 0 bridgehead atoms. The zero-order chi connectivity index (χ0) is 16.1. The van der Waals surface area contributed by atoms with Gasteiger partial charge in [-0.15, -0.1) is 0 Å². The number of furan rings is 1. The molecule has 0 aliphatic heterocycles. The molecule has 0 aliphatic carbocycles. The quantitative estimate of drug-likeness (QED) is 0.522. The Morgan fingerprint density at radius 2 is 1.00 bits per heavy atom. The van der Waals surface area contributed by atoms with E-state index in [9.17, 15) is 0 Å². The van der Waals surface area contributed by atoms with Gasteiger partial charge in [0.05, 0.1) is 13.1 Å². The molecule has 5 nitrogen and oxygen atoms in total. The van der Waals surface area contributed by atoms with Crippen LogP contribution in [-0.4, -0.2) is 0 Å². The van der Waals surface area contributed by atoms with E-state index >= 15 is 0 Å². The number of rotatable bonds is 6. The van der Waals surface area contributed by atoms with Crippen molar-refractivity contribution < 1.29 is 4.42 Å². The van der Waals surface area contributed by atoms with Crippen LogP contribution in [0, 0.1) is 0 Å². The van der Waals surface area contributed by atoms with Crippen molar-refractivity contribution in [2.45, 2.75) is 13.1 Å². The topological polar surface area (TPSA) is 89.2 Å². The highest BCUT2D eigenvalue weighted by atomic mass is 16.3. The van der Waals surface area contributed by atoms with E-state index in [-0.39, 0.29) is 0 Å². The van der Waals surface area contributed by atoms with Gasteiger partial charge < -0.3 is 26.5 Å². The largest absolute Gasteiger partial charge is 0.462 e. The van der Waals surface area contributed by atoms with Crippen LogP contribution in [0.25, 0.3) is 0 Å². The van der Waals surface area contributed by atoms with E-state index in [4.69, 9.17) is 15.9 Å². The minimum Gasteiger partial charge on any atom is -0.462 e.